The Morgan fingerprint density at radius 2 is 2.00 bits per heavy atom. The second kappa shape index (κ2) is 8.48. The molecule has 0 unspecified atom stereocenters. The van der Waals surface area contributed by atoms with E-state index in [9.17, 15) is 0 Å². The molecule has 0 atom stereocenters. The maximum absolute atomic E-state index is 4.97. The van der Waals surface area contributed by atoms with Crippen LogP contribution in [-0.4, -0.2) is 5.16 Å². The molecule has 0 aromatic carbocycles. The third kappa shape index (κ3) is 4.60. The van der Waals surface area contributed by atoms with E-state index in [4.69, 9.17) is 4.52 Å². The lowest BCUT2D eigenvalue weighted by molar-refractivity contribution is 0.396. The lowest BCUT2D eigenvalue weighted by Crippen LogP contribution is -1.77. The Morgan fingerprint density at radius 1 is 1.31 bits per heavy atom. The summed E-state index contributed by atoms with van der Waals surface area (Å²) in [7, 11) is 0. The fourth-order valence-electron chi connectivity index (χ4n) is 0.998. The van der Waals surface area contributed by atoms with Crippen molar-refractivity contribution in [1.82, 2.24) is 5.16 Å². The van der Waals surface area contributed by atoms with E-state index in [0.717, 1.165) is 17.0 Å². The van der Waals surface area contributed by atoms with E-state index in [-0.39, 0.29) is 0 Å². The molecule has 1 aromatic heterocycles. The summed E-state index contributed by atoms with van der Waals surface area (Å²) in [4.78, 5) is 0. The summed E-state index contributed by atoms with van der Waals surface area (Å²) in [6, 6.07) is 1.87. The van der Waals surface area contributed by atoms with Crippen LogP contribution in [0.4, 0.5) is 0 Å². The minimum Gasteiger partial charge on any atom is -0.361 e. The third-order valence-electron chi connectivity index (χ3n) is 1.67. The van der Waals surface area contributed by atoms with E-state index in [1.807, 2.05) is 45.1 Å². The van der Waals surface area contributed by atoms with Crippen molar-refractivity contribution in [1.29, 1.82) is 0 Å². The number of hydrogen-bond acceptors (Lipinski definition) is 2. The molecule has 1 aromatic rings. The van der Waals surface area contributed by atoms with E-state index in [1.165, 1.54) is 0 Å². The summed E-state index contributed by atoms with van der Waals surface area (Å²) >= 11 is 0. The Hall–Kier alpha value is -1.83. The van der Waals surface area contributed by atoms with E-state index in [1.54, 1.807) is 12.2 Å². The normalized spacial score (nSPS) is 10.8. The van der Waals surface area contributed by atoms with Gasteiger partial charge in [-0.05, 0) is 6.92 Å². The van der Waals surface area contributed by atoms with Crippen molar-refractivity contribution >= 4 is 5.57 Å². The average molecular weight is 217 g/mol. The largest absolute Gasteiger partial charge is 0.361 e. The first kappa shape index (κ1) is 14.2. The first-order chi connectivity index (χ1) is 7.77. The lowest BCUT2D eigenvalue weighted by atomic mass is 10.1. The zero-order valence-electron chi connectivity index (χ0n) is 10.2. The van der Waals surface area contributed by atoms with Crippen LogP contribution in [0.5, 0.6) is 0 Å². The summed E-state index contributed by atoms with van der Waals surface area (Å²) in [5, 5.41) is 3.89. The molecular weight excluding hydrogens is 198 g/mol. The second-order valence-electron chi connectivity index (χ2n) is 2.77. The van der Waals surface area contributed by atoms with Crippen molar-refractivity contribution in [2.75, 3.05) is 0 Å². The molecule has 0 amide bonds. The van der Waals surface area contributed by atoms with Gasteiger partial charge in [0.15, 0.2) is 0 Å². The molecule has 2 heteroatoms. The highest BCUT2D eigenvalue weighted by molar-refractivity contribution is 5.72. The highest BCUT2D eigenvalue weighted by atomic mass is 16.5. The Kier molecular flexibility index (Phi) is 7.51. The number of aryl methyl sites for hydroxylation is 1. The van der Waals surface area contributed by atoms with Gasteiger partial charge in [0.2, 0.25) is 0 Å². The highest BCUT2D eigenvalue weighted by Gasteiger charge is 2.01. The molecule has 16 heavy (non-hydrogen) atoms. The summed E-state index contributed by atoms with van der Waals surface area (Å²) in [6.07, 6.45) is 9.09. The van der Waals surface area contributed by atoms with Crippen LogP contribution < -0.4 is 0 Å². The molecule has 0 bridgehead atoms. The van der Waals surface area contributed by atoms with Crippen molar-refractivity contribution in [3.05, 3.63) is 61.1 Å². The van der Waals surface area contributed by atoms with Gasteiger partial charge in [0.1, 0.15) is 11.5 Å². The van der Waals surface area contributed by atoms with Gasteiger partial charge in [-0.1, -0.05) is 62.5 Å². The molecule has 2 nitrogen and oxygen atoms in total. The van der Waals surface area contributed by atoms with E-state index < -0.39 is 0 Å². The maximum atomic E-state index is 4.97. The van der Waals surface area contributed by atoms with Gasteiger partial charge < -0.3 is 4.52 Å². The van der Waals surface area contributed by atoms with Crippen molar-refractivity contribution in [2.24, 2.45) is 0 Å². The maximum Gasteiger partial charge on any atom is 0.134 e. The Balaban J connectivity index is 0.00000106. The smallest absolute Gasteiger partial charge is 0.134 e. The predicted octanol–water partition coefficient (Wildman–Crippen LogP) is 4.32. The summed E-state index contributed by atoms with van der Waals surface area (Å²) < 4.78 is 4.97. The van der Waals surface area contributed by atoms with Gasteiger partial charge in [-0.25, -0.2) is 0 Å². The van der Waals surface area contributed by atoms with E-state index in [2.05, 4.69) is 18.3 Å². The van der Waals surface area contributed by atoms with Gasteiger partial charge in [0.05, 0.1) is 0 Å². The van der Waals surface area contributed by atoms with Crippen LogP contribution in [0.3, 0.4) is 0 Å². The first-order valence-corrected chi connectivity index (χ1v) is 5.33. The van der Waals surface area contributed by atoms with Crippen LogP contribution in [0.2, 0.25) is 0 Å². The topological polar surface area (TPSA) is 26.0 Å². The standard InChI is InChI=1S/C12H13NO.C2H6/c1-4-6-7-8-11(5-2)12-9-10(3)14-13-12;1-2/h4-9H,1-2H2,3H3;1-2H3/b7-6-,11-8+;. The monoisotopic (exact) mass is 217 g/mol. The Labute approximate surface area is 97.7 Å². The molecule has 0 fully saturated rings. The van der Waals surface area contributed by atoms with Crippen LogP contribution in [0.15, 0.2) is 54.1 Å². The average Bonchev–Trinajstić information content (AvgIpc) is 2.74. The van der Waals surface area contributed by atoms with Gasteiger partial charge in [0.25, 0.3) is 0 Å². The number of aromatic nitrogens is 1. The van der Waals surface area contributed by atoms with Gasteiger partial charge in [-0.2, -0.15) is 0 Å². The number of allylic oxidation sites excluding steroid dienone is 6. The molecule has 1 heterocycles. The quantitative estimate of drug-likeness (QED) is 0.702. The molecule has 0 aliphatic heterocycles. The fourth-order valence-corrected chi connectivity index (χ4v) is 0.998. The van der Waals surface area contributed by atoms with Crippen molar-refractivity contribution in [2.45, 2.75) is 20.8 Å². The van der Waals surface area contributed by atoms with Gasteiger partial charge in [-0.15, -0.1) is 0 Å². The number of nitrogens with zero attached hydrogens (tertiary/aromatic N) is 1. The van der Waals surface area contributed by atoms with Crippen molar-refractivity contribution < 1.29 is 4.52 Å². The van der Waals surface area contributed by atoms with E-state index in [0.29, 0.717) is 0 Å². The zero-order chi connectivity index (χ0) is 12.4. The Morgan fingerprint density at radius 3 is 2.44 bits per heavy atom. The van der Waals surface area contributed by atoms with Gasteiger partial charge >= 0.3 is 0 Å². The van der Waals surface area contributed by atoms with Crippen LogP contribution in [0.25, 0.3) is 5.57 Å². The molecule has 0 radical (unpaired) electrons. The number of hydrogen-bond donors (Lipinski definition) is 0. The van der Waals surface area contributed by atoms with Crippen LogP contribution in [0, 0.1) is 6.92 Å². The van der Waals surface area contributed by atoms with Crippen molar-refractivity contribution in [3.8, 4) is 0 Å². The second-order valence-corrected chi connectivity index (χ2v) is 2.77. The molecule has 0 saturated heterocycles. The van der Waals surface area contributed by atoms with Gasteiger partial charge in [0, 0.05) is 11.6 Å². The van der Waals surface area contributed by atoms with Gasteiger partial charge in [-0.3, -0.25) is 0 Å². The summed E-state index contributed by atoms with van der Waals surface area (Å²) in [5.41, 5.74) is 1.73. The molecule has 0 N–H and O–H groups in total. The third-order valence-corrected chi connectivity index (χ3v) is 1.67. The molecule has 0 saturated carbocycles. The first-order valence-electron chi connectivity index (χ1n) is 5.33. The lowest BCUT2D eigenvalue weighted by Gasteiger charge is -1.91. The molecular formula is C14H19NO. The highest BCUT2D eigenvalue weighted by Crippen LogP contribution is 2.14. The minimum atomic E-state index is 0.792. The van der Waals surface area contributed by atoms with Crippen molar-refractivity contribution in [3.63, 3.8) is 0 Å². The van der Waals surface area contributed by atoms with Crippen LogP contribution >= 0.6 is 0 Å². The molecule has 86 valence electrons. The minimum absolute atomic E-state index is 0.792. The number of rotatable bonds is 4. The zero-order valence-corrected chi connectivity index (χ0v) is 10.2. The SMILES string of the molecule is C=C/C=C\C=C(/C=C)c1cc(C)on1.CC. The van der Waals surface area contributed by atoms with Crippen LogP contribution in [0.1, 0.15) is 25.3 Å². The molecule has 0 spiro atoms. The summed E-state index contributed by atoms with van der Waals surface area (Å²) in [5.74, 6) is 0.792. The Bertz CT molecular complexity index is 383. The predicted molar refractivity (Wildman–Crippen MR) is 70.1 cm³/mol. The molecule has 1 rings (SSSR count). The fraction of sp³-hybridized carbons (Fsp3) is 0.214. The molecule has 0 aliphatic rings. The van der Waals surface area contributed by atoms with Crippen LogP contribution in [-0.2, 0) is 0 Å². The van der Waals surface area contributed by atoms with E-state index >= 15 is 0 Å². The summed E-state index contributed by atoms with van der Waals surface area (Å²) in [6.45, 7) is 13.2. The molecule has 0 aliphatic carbocycles.